The largest absolute Gasteiger partial charge is 0.463 e. The van der Waals surface area contributed by atoms with E-state index >= 15 is 0 Å². The molecule has 0 unspecified atom stereocenters. The molecule has 4 aromatic rings. The van der Waals surface area contributed by atoms with Gasteiger partial charge in [-0.15, -0.1) is 0 Å². The molecule has 1 amide bonds. The molecule has 0 aliphatic heterocycles. The van der Waals surface area contributed by atoms with Gasteiger partial charge in [-0.25, -0.2) is 4.98 Å². The highest BCUT2D eigenvalue weighted by Crippen LogP contribution is 2.25. The lowest BCUT2D eigenvalue weighted by Crippen LogP contribution is -2.19. The number of nitrogens with zero attached hydrogens (tertiary/aromatic N) is 4. The molecular weight excluding hydrogens is 404 g/mol. The zero-order valence-corrected chi connectivity index (χ0v) is 16.2. The highest BCUT2D eigenvalue weighted by molar-refractivity contribution is 6.06. The number of nitrogens with one attached hydrogen (secondary N) is 2. The van der Waals surface area contributed by atoms with Crippen molar-refractivity contribution >= 4 is 17.4 Å². The molecule has 0 fully saturated rings. The monoisotopic (exact) mass is 420 g/mol. The van der Waals surface area contributed by atoms with E-state index < -0.39 is 10.8 Å². The molecule has 4 rings (SSSR count). The predicted molar refractivity (Wildman–Crippen MR) is 110 cm³/mol. The van der Waals surface area contributed by atoms with Crippen molar-refractivity contribution in [3.63, 3.8) is 0 Å². The summed E-state index contributed by atoms with van der Waals surface area (Å²) in [6.07, 6.45) is 1.99. The summed E-state index contributed by atoms with van der Waals surface area (Å²) in [5.74, 6) is -0.0617. The third-order valence-electron chi connectivity index (χ3n) is 4.42. The topological polar surface area (TPSA) is 149 Å². The Labute approximate surface area is 174 Å². The standard InChI is InChI=1S/C20H16N6O5/c1-2-12-10-18(27)23-20(21-12)25-17(11-14(24-25)16-8-5-9-31-16)22-19(28)13-6-3-4-7-15(13)26(29)30/h3-11H,2H2,1H3,(H,22,28)(H,21,23,27). The predicted octanol–water partition coefficient (Wildman–Crippen LogP) is 2.94. The van der Waals surface area contributed by atoms with Crippen LogP contribution in [0.2, 0.25) is 0 Å². The summed E-state index contributed by atoms with van der Waals surface area (Å²) in [7, 11) is 0. The number of furan rings is 1. The first-order valence-corrected chi connectivity index (χ1v) is 9.25. The zero-order chi connectivity index (χ0) is 22.0. The van der Waals surface area contributed by atoms with Gasteiger partial charge in [-0.2, -0.15) is 9.78 Å². The number of hydrogen-bond acceptors (Lipinski definition) is 7. The van der Waals surface area contributed by atoms with E-state index in [4.69, 9.17) is 4.42 Å². The number of hydrogen-bond donors (Lipinski definition) is 2. The fraction of sp³-hybridized carbons (Fsp3) is 0.100. The van der Waals surface area contributed by atoms with Crippen molar-refractivity contribution in [3.8, 4) is 17.4 Å². The molecule has 0 atom stereocenters. The smallest absolute Gasteiger partial charge is 0.282 e. The number of aromatic nitrogens is 4. The third-order valence-corrected chi connectivity index (χ3v) is 4.42. The Balaban J connectivity index is 1.80. The molecule has 156 valence electrons. The minimum absolute atomic E-state index is 0.0833. The van der Waals surface area contributed by atoms with Crippen LogP contribution in [0.25, 0.3) is 17.4 Å². The van der Waals surface area contributed by atoms with Crippen molar-refractivity contribution < 1.29 is 14.1 Å². The molecule has 11 heteroatoms. The number of para-hydroxylation sites is 1. The maximum Gasteiger partial charge on any atom is 0.282 e. The van der Waals surface area contributed by atoms with Crippen LogP contribution >= 0.6 is 0 Å². The second-order valence-electron chi connectivity index (χ2n) is 6.45. The van der Waals surface area contributed by atoms with Crippen LogP contribution in [0, 0.1) is 10.1 Å². The van der Waals surface area contributed by atoms with Gasteiger partial charge in [-0.1, -0.05) is 19.1 Å². The number of anilines is 1. The van der Waals surface area contributed by atoms with Gasteiger partial charge < -0.3 is 9.73 Å². The summed E-state index contributed by atoms with van der Waals surface area (Å²) in [5, 5.41) is 18.3. The Bertz CT molecular complexity index is 1320. The maximum absolute atomic E-state index is 12.8. The second kappa shape index (κ2) is 8.06. The van der Waals surface area contributed by atoms with Crippen LogP contribution in [0.4, 0.5) is 11.5 Å². The molecule has 0 aliphatic carbocycles. The Morgan fingerprint density at radius 3 is 2.77 bits per heavy atom. The minimum Gasteiger partial charge on any atom is -0.463 e. The van der Waals surface area contributed by atoms with E-state index in [-0.39, 0.29) is 28.6 Å². The van der Waals surface area contributed by atoms with Crippen LogP contribution in [-0.4, -0.2) is 30.6 Å². The van der Waals surface area contributed by atoms with Crippen LogP contribution in [-0.2, 0) is 6.42 Å². The first-order chi connectivity index (χ1) is 15.0. The molecule has 3 heterocycles. The number of amides is 1. The average Bonchev–Trinajstić information content (AvgIpc) is 3.43. The maximum atomic E-state index is 12.8. The number of nitro benzene ring substituents is 1. The fourth-order valence-corrected chi connectivity index (χ4v) is 2.96. The number of aromatic amines is 1. The molecule has 0 saturated carbocycles. The van der Waals surface area contributed by atoms with Gasteiger partial charge in [-0.3, -0.25) is 24.7 Å². The molecule has 0 spiro atoms. The Hall–Kier alpha value is -4.54. The van der Waals surface area contributed by atoms with Gasteiger partial charge in [0.1, 0.15) is 17.1 Å². The zero-order valence-electron chi connectivity index (χ0n) is 16.2. The van der Waals surface area contributed by atoms with E-state index in [0.29, 0.717) is 23.6 Å². The van der Waals surface area contributed by atoms with Crippen molar-refractivity contribution in [1.29, 1.82) is 0 Å². The fourth-order valence-electron chi connectivity index (χ4n) is 2.96. The molecule has 2 N–H and O–H groups in total. The van der Waals surface area contributed by atoms with E-state index in [2.05, 4.69) is 20.4 Å². The number of H-pyrrole nitrogens is 1. The minimum atomic E-state index is -0.714. The lowest BCUT2D eigenvalue weighted by Gasteiger charge is -2.09. The van der Waals surface area contributed by atoms with Crippen LogP contribution in [0.3, 0.4) is 0 Å². The average molecular weight is 420 g/mol. The highest BCUT2D eigenvalue weighted by Gasteiger charge is 2.22. The quantitative estimate of drug-likeness (QED) is 0.360. The third kappa shape index (κ3) is 3.96. The van der Waals surface area contributed by atoms with Crippen molar-refractivity contribution in [2.45, 2.75) is 13.3 Å². The highest BCUT2D eigenvalue weighted by atomic mass is 16.6. The van der Waals surface area contributed by atoms with E-state index in [1.54, 1.807) is 12.1 Å². The summed E-state index contributed by atoms with van der Waals surface area (Å²) in [6.45, 7) is 1.85. The molecule has 0 bridgehead atoms. The van der Waals surface area contributed by atoms with Crippen LogP contribution in [0.15, 0.2) is 64.0 Å². The second-order valence-corrected chi connectivity index (χ2v) is 6.45. The van der Waals surface area contributed by atoms with Crippen LogP contribution in [0.1, 0.15) is 23.0 Å². The van der Waals surface area contributed by atoms with Crippen molar-refractivity contribution in [2.75, 3.05) is 5.32 Å². The molecule has 3 aromatic heterocycles. The normalized spacial score (nSPS) is 10.7. The van der Waals surface area contributed by atoms with Crippen molar-refractivity contribution in [3.05, 3.63) is 86.5 Å². The Kier molecular flexibility index (Phi) is 5.14. The summed E-state index contributed by atoms with van der Waals surface area (Å²) < 4.78 is 6.60. The number of benzene rings is 1. The van der Waals surface area contributed by atoms with Gasteiger partial charge in [0.2, 0.25) is 5.95 Å². The molecular formula is C20H16N6O5. The molecule has 0 saturated heterocycles. The lowest BCUT2D eigenvalue weighted by atomic mass is 10.1. The SMILES string of the molecule is CCc1cc(=O)[nH]c(-n2nc(-c3ccco3)cc2NC(=O)c2ccccc2[N+](=O)[O-])n1. The first-order valence-electron chi connectivity index (χ1n) is 9.25. The van der Waals surface area contributed by atoms with E-state index in [0.717, 1.165) is 0 Å². The van der Waals surface area contributed by atoms with E-state index in [1.165, 1.54) is 47.3 Å². The molecule has 31 heavy (non-hydrogen) atoms. The molecule has 11 nitrogen and oxygen atoms in total. The van der Waals surface area contributed by atoms with Gasteiger partial charge in [0.05, 0.1) is 11.2 Å². The van der Waals surface area contributed by atoms with Gasteiger partial charge in [-0.05, 0) is 24.6 Å². The van der Waals surface area contributed by atoms with E-state index in [9.17, 15) is 19.7 Å². The summed E-state index contributed by atoms with van der Waals surface area (Å²) in [6, 6.07) is 11.8. The van der Waals surface area contributed by atoms with E-state index in [1.807, 2.05) is 6.92 Å². The number of aryl methyl sites for hydroxylation is 1. The molecule has 0 radical (unpaired) electrons. The van der Waals surface area contributed by atoms with Gasteiger partial charge in [0.25, 0.3) is 17.2 Å². The molecule has 0 aliphatic rings. The van der Waals surface area contributed by atoms with Gasteiger partial charge >= 0.3 is 0 Å². The number of nitro groups is 1. The number of rotatable bonds is 6. The van der Waals surface area contributed by atoms with Crippen LogP contribution in [0.5, 0.6) is 0 Å². The summed E-state index contributed by atoms with van der Waals surface area (Å²) in [4.78, 5) is 42.5. The van der Waals surface area contributed by atoms with Crippen molar-refractivity contribution in [1.82, 2.24) is 19.7 Å². The summed E-state index contributed by atoms with van der Waals surface area (Å²) in [5.41, 5.74) is 0.0606. The van der Waals surface area contributed by atoms with Crippen molar-refractivity contribution in [2.24, 2.45) is 0 Å². The first kappa shape index (κ1) is 19.8. The van der Waals surface area contributed by atoms with Gasteiger partial charge in [0, 0.05) is 23.9 Å². The molecule has 1 aromatic carbocycles. The Morgan fingerprint density at radius 1 is 1.26 bits per heavy atom. The lowest BCUT2D eigenvalue weighted by molar-refractivity contribution is -0.385. The van der Waals surface area contributed by atoms with Gasteiger partial charge in [0.15, 0.2) is 5.76 Å². The van der Waals surface area contributed by atoms with Crippen LogP contribution < -0.4 is 10.9 Å². The number of carbonyl (C=O) groups excluding carboxylic acids is 1. The number of carbonyl (C=O) groups is 1. The summed E-state index contributed by atoms with van der Waals surface area (Å²) >= 11 is 0. The Morgan fingerprint density at radius 2 is 2.06 bits per heavy atom.